The van der Waals surface area contributed by atoms with Crippen LogP contribution in [0.15, 0.2) is 30.3 Å². The Hall–Kier alpha value is -1.37. The zero-order chi connectivity index (χ0) is 12.0. The third kappa shape index (κ3) is 3.34. The van der Waals surface area contributed by atoms with Gasteiger partial charge in [0.2, 0.25) is 0 Å². The molecule has 0 bridgehead atoms. The van der Waals surface area contributed by atoms with Gasteiger partial charge >= 0.3 is 0 Å². The zero-order valence-electron chi connectivity index (χ0n) is 9.80. The molecule has 3 nitrogen and oxygen atoms in total. The Kier molecular flexibility index (Phi) is 4.97. The second-order valence-corrected chi connectivity index (χ2v) is 3.98. The number of nitrogens with zero attached hydrogens (tertiary/aromatic N) is 2. The molecule has 86 valence electrons. The second kappa shape index (κ2) is 6.26. The molecule has 0 saturated heterocycles. The summed E-state index contributed by atoms with van der Waals surface area (Å²) in [5.74, 6) is 0. The monoisotopic (exact) mass is 218 g/mol. The smallest absolute Gasteiger partial charge is 0.0942 e. The SMILES string of the molecule is CC(C(O)c1ccccc1)N(C)CCC#N. The fourth-order valence-electron chi connectivity index (χ4n) is 1.60. The normalized spacial score (nSPS) is 14.4. The highest BCUT2D eigenvalue weighted by atomic mass is 16.3. The van der Waals surface area contributed by atoms with Gasteiger partial charge in [-0.05, 0) is 19.5 Å². The molecule has 1 aromatic carbocycles. The predicted molar refractivity (Wildman–Crippen MR) is 63.7 cm³/mol. The lowest BCUT2D eigenvalue weighted by atomic mass is 10.0. The Morgan fingerprint density at radius 1 is 1.38 bits per heavy atom. The summed E-state index contributed by atoms with van der Waals surface area (Å²) in [6.45, 7) is 2.65. The molecule has 0 radical (unpaired) electrons. The van der Waals surface area contributed by atoms with Gasteiger partial charge in [0, 0.05) is 19.0 Å². The maximum atomic E-state index is 10.1. The molecule has 0 aliphatic rings. The molecular formula is C13H18N2O. The Balaban J connectivity index is 2.60. The predicted octanol–water partition coefficient (Wildman–Crippen LogP) is 1.95. The maximum absolute atomic E-state index is 10.1. The topological polar surface area (TPSA) is 47.3 Å². The third-order valence-corrected chi connectivity index (χ3v) is 2.87. The molecule has 0 saturated carbocycles. The molecular weight excluding hydrogens is 200 g/mol. The highest BCUT2D eigenvalue weighted by Crippen LogP contribution is 2.19. The van der Waals surface area contributed by atoms with Crippen LogP contribution in [-0.2, 0) is 0 Å². The van der Waals surface area contributed by atoms with Gasteiger partial charge in [-0.3, -0.25) is 4.90 Å². The van der Waals surface area contributed by atoms with E-state index in [4.69, 9.17) is 5.26 Å². The Morgan fingerprint density at radius 3 is 2.56 bits per heavy atom. The lowest BCUT2D eigenvalue weighted by Gasteiger charge is -2.28. The molecule has 3 heteroatoms. The molecule has 0 spiro atoms. The van der Waals surface area contributed by atoms with Crippen molar-refractivity contribution in [1.29, 1.82) is 5.26 Å². The summed E-state index contributed by atoms with van der Waals surface area (Å²) in [4.78, 5) is 2.00. The lowest BCUT2D eigenvalue weighted by Crippen LogP contribution is -2.34. The van der Waals surface area contributed by atoms with E-state index in [1.807, 2.05) is 49.2 Å². The van der Waals surface area contributed by atoms with Crippen LogP contribution in [0.2, 0.25) is 0 Å². The summed E-state index contributed by atoms with van der Waals surface area (Å²) in [5.41, 5.74) is 0.916. The van der Waals surface area contributed by atoms with E-state index in [1.54, 1.807) is 0 Å². The van der Waals surface area contributed by atoms with E-state index >= 15 is 0 Å². The van der Waals surface area contributed by atoms with Crippen molar-refractivity contribution >= 4 is 0 Å². The Morgan fingerprint density at radius 2 is 2.00 bits per heavy atom. The number of aliphatic hydroxyl groups excluding tert-OH is 1. The first-order valence-corrected chi connectivity index (χ1v) is 5.47. The number of likely N-dealkylation sites (N-methyl/N-ethyl adjacent to an activating group) is 1. The minimum absolute atomic E-state index is 0.00995. The summed E-state index contributed by atoms with van der Waals surface area (Å²) in [6, 6.07) is 11.7. The number of hydrogen-bond acceptors (Lipinski definition) is 3. The van der Waals surface area contributed by atoms with Gasteiger partial charge in [-0.1, -0.05) is 30.3 Å². The molecule has 1 rings (SSSR count). The Labute approximate surface area is 96.9 Å². The van der Waals surface area contributed by atoms with Gasteiger partial charge in [-0.2, -0.15) is 5.26 Å². The van der Waals surface area contributed by atoms with E-state index in [0.29, 0.717) is 13.0 Å². The van der Waals surface area contributed by atoms with Crippen molar-refractivity contribution < 1.29 is 5.11 Å². The standard InChI is InChI=1S/C13H18N2O/c1-11(15(2)10-6-9-14)13(16)12-7-4-3-5-8-12/h3-5,7-8,11,13,16H,6,10H2,1-2H3. The van der Waals surface area contributed by atoms with Crippen LogP contribution in [0.4, 0.5) is 0 Å². The van der Waals surface area contributed by atoms with E-state index in [2.05, 4.69) is 6.07 Å². The van der Waals surface area contributed by atoms with Crippen LogP contribution >= 0.6 is 0 Å². The summed E-state index contributed by atoms with van der Waals surface area (Å²) in [7, 11) is 1.92. The first-order valence-electron chi connectivity index (χ1n) is 5.47. The van der Waals surface area contributed by atoms with E-state index in [1.165, 1.54) is 0 Å². The number of benzene rings is 1. The van der Waals surface area contributed by atoms with Crippen molar-refractivity contribution in [2.24, 2.45) is 0 Å². The van der Waals surface area contributed by atoms with Crippen LogP contribution in [-0.4, -0.2) is 29.6 Å². The molecule has 0 aromatic heterocycles. The molecule has 0 amide bonds. The summed E-state index contributed by atoms with van der Waals surface area (Å²) in [6.07, 6.45) is -0.0209. The molecule has 1 aromatic rings. The van der Waals surface area contributed by atoms with Gasteiger partial charge in [-0.15, -0.1) is 0 Å². The average Bonchev–Trinajstić information content (AvgIpc) is 2.35. The highest BCUT2D eigenvalue weighted by Gasteiger charge is 2.19. The van der Waals surface area contributed by atoms with Crippen LogP contribution in [0, 0.1) is 11.3 Å². The fraction of sp³-hybridized carbons (Fsp3) is 0.462. The minimum atomic E-state index is -0.509. The molecule has 2 atom stereocenters. The van der Waals surface area contributed by atoms with Crippen LogP contribution in [0.5, 0.6) is 0 Å². The van der Waals surface area contributed by atoms with Crippen LogP contribution in [0.3, 0.4) is 0 Å². The van der Waals surface area contributed by atoms with Crippen LogP contribution in [0.1, 0.15) is 25.0 Å². The Bertz CT molecular complexity index is 345. The molecule has 0 heterocycles. The quantitative estimate of drug-likeness (QED) is 0.821. The van der Waals surface area contributed by atoms with Gasteiger partial charge in [0.1, 0.15) is 0 Å². The number of rotatable bonds is 5. The molecule has 16 heavy (non-hydrogen) atoms. The van der Waals surface area contributed by atoms with Gasteiger partial charge in [-0.25, -0.2) is 0 Å². The first-order chi connectivity index (χ1) is 7.66. The fourth-order valence-corrected chi connectivity index (χ4v) is 1.60. The molecule has 0 aliphatic heterocycles. The molecule has 0 fully saturated rings. The van der Waals surface area contributed by atoms with Crippen LogP contribution < -0.4 is 0 Å². The number of aliphatic hydroxyl groups is 1. The van der Waals surface area contributed by atoms with Crippen molar-refractivity contribution in [1.82, 2.24) is 4.90 Å². The molecule has 2 unspecified atom stereocenters. The van der Waals surface area contributed by atoms with Crippen molar-refractivity contribution in [2.75, 3.05) is 13.6 Å². The summed E-state index contributed by atoms with van der Waals surface area (Å²) in [5, 5.41) is 18.6. The van der Waals surface area contributed by atoms with E-state index in [9.17, 15) is 5.11 Å². The van der Waals surface area contributed by atoms with Crippen molar-refractivity contribution in [3.63, 3.8) is 0 Å². The zero-order valence-corrected chi connectivity index (χ0v) is 9.80. The van der Waals surface area contributed by atoms with Crippen molar-refractivity contribution in [3.05, 3.63) is 35.9 Å². The van der Waals surface area contributed by atoms with Crippen LogP contribution in [0.25, 0.3) is 0 Å². The highest BCUT2D eigenvalue weighted by molar-refractivity contribution is 5.18. The van der Waals surface area contributed by atoms with Crippen molar-refractivity contribution in [3.8, 4) is 6.07 Å². The second-order valence-electron chi connectivity index (χ2n) is 3.98. The van der Waals surface area contributed by atoms with Gasteiger partial charge < -0.3 is 5.11 Å². The average molecular weight is 218 g/mol. The number of nitriles is 1. The third-order valence-electron chi connectivity index (χ3n) is 2.87. The molecule has 0 aliphatic carbocycles. The first kappa shape index (κ1) is 12.7. The molecule has 1 N–H and O–H groups in total. The lowest BCUT2D eigenvalue weighted by molar-refractivity contribution is 0.0737. The summed E-state index contributed by atoms with van der Waals surface area (Å²) < 4.78 is 0. The maximum Gasteiger partial charge on any atom is 0.0942 e. The van der Waals surface area contributed by atoms with E-state index < -0.39 is 6.10 Å². The van der Waals surface area contributed by atoms with Gasteiger partial charge in [0.05, 0.1) is 12.2 Å². The largest absolute Gasteiger partial charge is 0.387 e. The number of hydrogen-bond donors (Lipinski definition) is 1. The summed E-state index contributed by atoms with van der Waals surface area (Å²) >= 11 is 0. The van der Waals surface area contributed by atoms with Gasteiger partial charge in [0.25, 0.3) is 0 Å². The van der Waals surface area contributed by atoms with E-state index in [-0.39, 0.29) is 6.04 Å². The van der Waals surface area contributed by atoms with E-state index in [0.717, 1.165) is 5.56 Å². The van der Waals surface area contributed by atoms with Gasteiger partial charge in [0.15, 0.2) is 0 Å². The van der Waals surface area contributed by atoms with Crippen molar-refractivity contribution in [2.45, 2.75) is 25.5 Å². The minimum Gasteiger partial charge on any atom is -0.387 e.